The van der Waals surface area contributed by atoms with Crippen LogP contribution in [0, 0.1) is 27.7 Å². The summed E-state index contributed by atoms with van der Waals surface area (Å²) in [4.78, 5) is 10.5. The molecular formula is C23H25O4P. The summed E-state index contributed by atoms with van der Waals surface area (Å²) in [5.74, 6) is 0.287. The lowest BCUT2D eigenvalue weighted by atomic mass is 9.89. The Morgan fingerprint density at radius 3 is 1.57 bits per heavy atom. The first-order valence-electron chi connectivity index (χ1n) is 9.16. The maximum Gasteiger partial charge on any atom is 0.528 e. The summed E-state index contributed by atoms with van der Waals surface area (Å²) >= 11 is 0. The van der Waals surface area contributed by atoms with E-state index in [4.69, 9.17) is 9.05 Å². The summed E-state index contributed by atoms with van der Waals surface area (Å²) in [5, 5.41) is 0. The SMILES string of the molecule is Cc1cccc(C)c1C(OP(=O)(O)Oc1ccccc1)c1c(C)cccc1C. The molecule has 0 amide bonds. The van der Waals surface area contributed by atoms with Gasteiger partial charge in [0.15, 0.2) is 0 Å². The van der Waals surface area contributed by atoms with Crippen LogP contribution in [-0.4, -0.2) is 4.89 Å². The summed E-state index contributed by atoms with van der Waals surface area (Å²) < 4.78 is 24.0. The van der Waals surface area contributed by atoms with Crippen LogP contribution in [0.4, 0.5) is 0 Å². The molecule has 0 aliphatic heterocycles. The molecule has 0 aromatic heterocycles. The number of para-hydroxylation sites is 1. The third-order valence-corrected chi connectivity index (χ3v) is 5.73. The Morgan fingerprint density at radius 2 is 1.14 bits per heavy atom. The lowest BCUT2D eigenvalue weighted by molar-refractivity contribution is 0.162. The van der Waals surface area contributed by atoms with Crippen LogP contribution in [0.3, 0.4) is 0 Å². The zero-order valence-corrected chi connectivity index (χ0v) is 17.4. The van der Waals surface area contributed by atoms with Gasteiger partial charge in [-0.1, -0.05) is 54.6 Å². The smallest absolute Gasteiger partial charge is 0.404 e. The summed E-state index contributed by atoms with van der Waals surface area (Å²) in [6.45, 7) is 7.92. The lowest BCUT2D eigenvalue weighted by Crippen LogP contribution is -2.13. The van der Waals surface area contributed by atoms with Crippen molar-refractivity contribution in [2.24, 2.45) is 0 Å². The van der Waals surface area contributed by atoms with Gasteiger partial charge in [0.05, 0.1) is 0 Å². The highest BCUT2D eigenvalue weighted by molar-refractivity contribution is 7.47. The minimum absolute atomic E-state index is 0.287. The Hall–Kier alpha value is -2.39. The molecule has 146 valence electrons. The van der Waals surface area contributed by atoms with Crippen molar-refractivity contribution in [3.8, 4) is 5.75 Å². The minimum Gasteiger partial charge on any atom is -0.404 e. The standard InChI is InChI=1S/C23H25O4P/c1-16-10-8-11-17(2)21(16)23(22-18(3)12-9-13-19(22)4)27-28(24,25)26-20-14-6-5-7-15-20/h5-15,23H,1-4H3,(H,24,25). The highest BCUT2D eigenvalue weighted by Crippen LogP contribution is 2.51. The molecule has 4 nitrogen and oxygen atoms in total. The summed E-state index contributed by atoms with van der Waals surface area (Å²) in [6, 6.07) is 20.4. The Kier molecular flexibility index (Phi) is 6.04. The van der Waals surface area contributed by atoms with Gasteiger partial charge in [-0.05, 0) is 73.2 Å². The second-order valence-electron chi connectivity index (χ2n) is 6.97. The van der Waals surface area contributed by atoms with E-state index in [-0.39, 0.29) is 5.75 Å². The number of phosphoric acid groups is 1. The number of hydrogen-bond acceptors (Lipinski definition) is 3. The monoisotopic (exact) mass is 396 g/mol. The molecule has 3 aromatic rings. The van der Waals surface area contributed by atoms with Gasteiger partial charge in [0.1, 0.15) is 11.9 Å². The molecule has 0 heterocycles. The highest BCUT2D eigenvalue weighted by atomic mass is 31.2. The predicted octanol–water partition coefficient (Wildman–Crippen LogP) is 6.21. The molecular weight excluding hydrogens is 371 g/mol. The number of aryl methyl sites for hydroxylation is 4. The first-order valence-corrected chi connectivity index (χ1v) is 10.7. The fraction of sp³-hybridized carbons (Fsp3) is 0.217. The molecule has 0 bridgehead atoms. The second kappa shape index (κ2) is 8.32. The van der Waals surface area contributed by atoms with E-state index >= 15 is 0 Å². The Morgan fingerprint density at radius 1 is 0.714 bits per heavy atom. The normalized spacial score (nSPS) is 13.4. The highest BCUT2D eigenvalue weighted by Gasteiger charge is 2.33. The van der Waals surface area contributed by atoms with E-state index in [1.165, 1.54) is 0 Å². The van der Waals surface area contributed by atoms with Crippen molar-refractivity contribution in [1.29, 1.82) is 0 Å². The summed E-state index contributed by atoms with van der Waals surface area (Å²) in [5.41, 5.74) is 5.73. The molecule has 0 aliphatic rings. The molecule has 3 aromatic carbocycles. The molecule has 0 aliphatic carbocycles. The molecule has 1 atom stereocenters. The molecule has 0 fully saturated rings. The number of phosphoric ester groups is 1. The van der Waals surface area contributed by atoms with Gasteiger partial charge in [-0.3, -0.25) is 9.42 Å². The maximum atomic E-state index is 12.9. The van der Waals surface area contributed by atoms with Gasteiger partial charge in [-0.15, -0.1) is 0 Å². The first-order chi connectivity index (χ1) is 13.3. The van der Waals surface area contributed by atoms with Crippen LogP contribution in [0.25, 0.3) is 0 Å². The zero-order chi connectivity index (χ0) is 20.3. The average molecular weight is 396 g/mol. The first kappa shape index (κ1) is 20.3. The summed E-state index contributed by atoms with van der Waals surface area (Å²) in [7, 11) is -4.38. The largest absolute Gasteiger partial charge is 0.528 e. The van der Waals surface area contributed by atoms with Gasteiger partial charge in [0.25, 0.3) is 0 Å². The quantitative estimate of drug-likeness (QED) is 0.504. The molecule has 0 radical (unpaired) electrons. The zero-order valence-electron chi connectivity index (χ0n) is 16.5. The number of benzene rings is 3. The van der Waals surface area contributed by atoms with E-state index in [1.807, 2.05) is 70.2 Å². The molecule has 0 saturated carbocycles. The van der Waals surface area contributed by atoms with Gasteiger partial charge in [-0.25, -0.2) is 4.57 Å². The lowest BCUT2D eigenvalue weighted by Gasteiger charge is -2.27. The van der Waals surface area contributed by atoms with Crippen molar-refractivity contribution in [2.45, 2.75) is 33.8 Å². The van der Waals surface area contributed by atoms with E-state index < -0.39 is 13.9 Å². The maximum absolute atomic E-state index is 12.9. The van der Waals surface area contributed by atoms with Crippen molar-refractivity contribution in [2.75, 3.05) is 0 Å². The fourth-order valence-electron chi connectivity index (χ4n) is 3.50. The van der Waals surface area contributed by atoms with Crippen LogP contribution < -0.4 is 4.52 Å². The Bertz CT molecular complexity index is 922. The van der Waals surface area contributed by atoms with Gasteiger partial charge < -0.3 is 4.52 Å². The van der Waals surface area contributed by atoms with Gasteiger partial charge >= 0.3 is 7.82 Å². The third kappa shape index (κ3) is 4.53. The van der Waals surface area contributed by atoms with Crippen LogP contribution in [0.2, 0.25) is 0 Å². The Balaban J connectivity index is 2.08. The number of hydrogen-bond donors (Lipinski definition) is 1. The minimum atomic E-state index is -4.38. The molecule has 0 spiro atoms. The van der Waals surface area contributed by atoms with Crippen molar-refractivity contribution in [1.82, 2.24) is 0 Å². The topological polar surface area (TPSA) is 55.8 Å². The van der Waals surface area contributed by atoms with Crippen molar-refractivity contribution >= 4 is 7.82 Å². The fourth-order valence-corrected chi connectivity index (χ4v) is 4.41. The van der Waals surface area contributed by atoms with Crippen LogP contribution >= 0.6 is 7.82 Å². The third-order valence-electron chi connectivity index (χ3n) is 4.81. The van der Waals surface area contributed by atoms with E-state index in [9.17, 15) is 9.46 Å². The van der Waals surface area contributed by atoms with Crippen LogP contribution in [0.15, 0.2) is 66.7 Å². The van der Waals surface area contributed by atoms with Gasteiger partial charge in [0, 0.05) is 0 Å². The molecule has 1 unspecified atom stereocenters. The van der Waals surface area contributed by atoms with E-state index in [2.05, 4.69) is 0 Å². The molecule has 1 N–H and O–H groups in total. The summed E-state index contributed by atoms with van der Waals surface area (Å²) in [6.07, 6.45) is -0.720. The van der Waals surface area contributed by atoms with E-state index in [0.29, 0.717) is 0 Å². The molecule has 28 heavy (non-hydrogen) atoms. The predicted molar refractivity (Wildman–Crippen MR) is 112 cm³/mol. The van der Waals surface area contributed by atoms with Crippen molar-refractivity contribution in [3.05, 3.63) is 100 Å². The molecule has 3 rings (SSSR count). The van der Waals surface area contributed by atoms with Crippen LogP contribution in [-0.2, 0) is 9.09 Å². The number of rotatable bonds is 6. The van der Waals surface area contributed by atoms with Crippen LogP contribution in [0.1, 0.15) is 39.5 Å². The van der Waals surface area contributed by atoms with Crippen LogP contribution in [0.5, 0.6) is 5.75 Å². The molecule has 5 heteroatoms. The average Bonchev–Trinajstić information content (AvgIpc) is 2.61. The molecule has 0 saturated heterocycles. The van der Waals surface area contributed by atoms with Gasteiger partial charge in [0.2, 0.25) is 0 Å². The van der Waals surface area contributed by atoms with Crippen molar-refractivity contribution in [3.63, 3.8) is 0 Å². The van der Waals surface area contributed by atoms with Gasteiger partial charge in [-0.2, -0.15) is 0 Å². The Labute approximate surface area is 166 Å². The van der Waals surface area contributed by atoms with E-state index in [1.54, 1.807) is 24.3 Å². The van der Waals surface area contributed by atoms with Crippen molar-refractivity contribution < 1.29 is 18.5 Å². The second-order valence-corrected chi connectivity index (χ2v) is 8.30. The van der Waals surface area contributed by atoms with E-state index in [0.717, 1.165) is 33.4 Å².